The highest BCUT2D eigenvalue weighted by Crippen LogP contribution is 2.33. The molecule has 0 aromatic heterocycles. The summed E-state index contributed by atoms with van der Waals surface area (Å²) in [6, 6.07) is 19.3. The summed E-state index contributed by atoms with van der Waals surface area (Å²) in [6.07, 6.45) is 1.90. The molecule has 3 aromatic rings. The van der Waals surface area contributed by atoms with Crippen LogP contribution < -0.4 is 19.1 Å². The summed E-state index contributed by atoms with van der Waals surface area (Å²) in [5, 5.41) is 2.85. The number of anilines is 1. The van der Waals surface area contributed by atoms with Gasteiger partial charge in [0, 0.05) is 17.5 Å². The Morgan fingerprint density at radius 2 is 1.60 bits per heavy atom. The number of nitrogens with one attached hydrogen (secondary N) is 1. The minimum atomic E-state index is -4.22. The molecule has 0 saturated heterocycles. The molecule has 2 amide bonds. The highest BCUT2D eigenvalue weighted by atomic mass is 32.2. The van der Waals surface area contributed by atoms with Gasteiger partial charge in [0.1, 0.15) is 24.1 Å². The first-order valence-corrected chi connectivity index (χ1v) is 16.3. The molecule has 3 rings (SSSR count). The fraction of sp³-hybridized carbons (Fsp3) is 0.355. The zero-order valence-electron chi connectivity index (χ0n) is 24.9. The summed E-state index contributed by atoms with van der Waals surface area (Å²) >= 11 is 1.49. The number of hydrogen-bond donors (Lipinski definition) is 1. The van der Waals surface area contributed by atoms with Gasteiger partial charge < -0.3 is 19.7 Å². The number of hydrogen-bond acceptors (Lipinski definition) is 7. The minimum absolute atomic E-state index is 0.0340. The molecule has 3 aromatic carbocycles. The molecule has 1 N–H and O–H groups in total. The third-order valence-electron chi connectivity index (χ3n) is 6.47. The second-order valence-electron chi connectivity index (χ2n) is 9.80. The van der Waals surface area contributed by atoms with Crippen LogP contribution >= 0.6 is 11.8 Å². The Hall–Kier alpha value is -3.70. The number of carbonyl (C=O) groups is 2. The number of thioether (sulfide) groups is 1. The van der Waals surface area contributed by atoms with E-state index >= 15 is 0 Å². The lowest BCUT2D eigenvalue weighted by molar-refractivity contribution is -0.139. The van der Waals surface area contributed by atoms with Crippen molar-refractivity contribution >= 4 is 39.3 Å². The molecular formula is C31H39N3O6S2. The second kappa shape index (κ2) is 15.0. The smallest absolute Gasteiger partial charge is 0.264 e. The number of amides is 2. The van der Waals surface area contributed by atoms with Gasteiger partial charge in [0.2, 0.25) is 11.8 Å². The number of nitrogens with zero attached hydrogens (tertiary/aromatic N) is 2. The predicted molar refractivity (Wildman–Crippen MR) is 167 cm³/mol. The first-order chi connectivity index (χ1) is 20.0. The van der Waals surface area contributed by atoms with Gasteiger partial charge in [0.05, 0.1) is 24.3 Å². The number of methoxy groups -OCH3 is 1. The molecule has 0 aliphatic heterocycles. The van der Waals surface area contributed by atoms with Crippen molar-refractivity contribution in [2.45, 2.75) is 56.1 Å². The predicted octanol–water partition coefficient (Wildman–Crippen LogP) is 4.95. The zero-order valence-corrected chi connectivity index (χ0v) is 26.5. The summed E-state index contributed by atoms with van der Waals surface area (Å²) in [4.78, 5) is 29.5. The van der Waals surface area contributed by atoms with Gasteiger partial charge in [-0.15, -0.1) is 11.8 Å². The van der Waals surface area contributed by atoms with Gasteiger partial charge >= 0.3 is 0 Å². The lowest BCUT2D eigenvalue weighted by atomic mass is 10.1. The molecule has 0 aliphatic carbocycles. The van der Waals surface area contributed by atoms with E-state index in [4.69, 9.17) is 9.47 Å². The van der Waals surface area contributed by atoms with Crippen molar-refractivity contribution in [1.82, 2.24) is 10.2 Å². The molecule has 0 radical (unpaired) electrons. The summed E-state index contributed by atoms with van der Waals surface area (Å²) < 4.78 is 40.3. The van der Waals surface area contributed by atoms with E-state index in [2.05, 4.69) is 5.32 Å². The molecule has 0 fully saturated rings. The Morgan fingerprint density at radius 1 is 0.952 bits per heavy atom. The van der Waals surface area contributed by atoms with Crippen molar-refractivity contribution in [3.63, 3.8) is 0 Å². The third-order valence-corrected chi connectivity index (χ3v) is 8.99. The normalized spacial score (nSPS) is 12.0. The van der Waals surface area contributed by atoms with Crippen LogP contribution in [0.15, 0.2) is 82.6 Å². The van der Waals surface area contributed by atoms with E-state index in [0.29, 0.717) is 18.1 Å². The number of benzene rings is 3. The van der Waals surface area contributed by atoms with Crippen LogP contribution in [0.4, 0.5) is 5.69 Å². The average Bonchev–Trinajstić information content (AvgIpc) is 2.98. The van der Waals surface area contributed by atoms with Crippen molar-refractivity contribution in [1.29, 1.82) is 0 Å². The summed E-state index contributed by atoms with van der Waals surface area (Å²) in [6.45, 7) is 6.94. The lowest BCUT2D eigenvalue weighted by Gasteiger charge is -2.32. The van der Waals surface area contributed by atoms with Crippen LogP contribution in [0, 0.1) is 0 Å². The Morgan fingerprint density at radius 3 is 2.17 bits per heavy atom. The Balaban J connectivity index is 2.08. The van der Waals surface area contributed by atoms with Gasteiger partial charge in [-0.05, 0) is 88.0 Å². The number of carbonyl (C=O) groups excluding carboxylic acids is 2. The molecule has 0 unspecified atom stereocenters. The molecule has 11 heteroatoms. The van der Waals surface area contributed by atoms with Gasteiger partial charge in [-0.2, -0.15) is 0 Å². The van der Waals surface area contributed by atoms with Gasteiger partial charge in [-0.1, -0.05) is 24.3 Å². The van der Waals surface area contributed by atoms with Crippen LogP contribution in [-0.4, -0.2) is 63.7 Å². The molecule has 0 heterocycles. The molecule has 1 atom stereocenters. The molecule has 0 aliphatic rings. The molecule has 42 heavy (non-hydrogen) atoms. The molecule has 0 bridgehead atoms. The van der Waals surface area contributed by atoms with Crippen LogP contribution in [0.1, 0.15) is 33.3 Å². The van der Waals surface area contributed by atoms with Crippen molar-refractivity contribution in [2.75, 3.05) is 30.8 Å². The van der Waals surface area contributed by atoms with Crippen LogP contribution in [0.2, 0.25) is 0 Å². The third kappa shape index (κ3) is 8.19. The number of rotatable bonds is 14. The minimum Gasteiger partial charge on any atom is -0.497 e. The zero-order chi connectivity index (χ0) is 30.9. The first-order valence-electron chi connectivity index (χ1n) is 13.6. The quantitative estimate of drug-likeness (QED) is 0.257. The van der Waals surface area contributed by atoms with Crippen LogP contribution in [0.3, 0.4) is 0 Å². The lowest BCUT2D eigenvalue weighted by Crippen LogP contribution is -2.52. The molecule has 226 valence electrons. The highest BCUT2D eigenvalue weighted by molar-refractivity contribution is 7.98. The van der Waals surface area contributed by atoms with E-state index in [0.717, 1.165) is 14.8 Å². The molecule has 0 saturated carbocycles. The Kier molecular flexibility index (Phi) is 11.7. The van der Waals surface area contributed by atoms with Crippen LogP contribution in [0.25, 0.3) is 0 Å². The summed E-state index contributed by atoms with van der Waals surface area (Å²) in [5.41, 5.74) is 0.982. The van der Waals surface area contributed by atoms with Gasteiger partial charge in [0.25, 0.3) is 10.0 Å². The highest BCUT2D eigenvalue weighted by Gasteiger charge is 2.34. The van der Waals surface area contributed by atoms with Crippen molar-refractivity contribution in [3.05, 3.63) is 78.4 Å². The van der Waals surface area contributed by atoms with Gasteiger partial charge in [-0.3, -0.25) is 13.9 Å². The number of ether oxygens (including phenoxy) is 2. The van der Waals surface area contributed by atoms with Crippen molar-refractivity contribution in [3.8, 4) is 11.5 Å². The first kappa shape index (κ1) is 32.8. The number of para-hydroxylation sites is 2. The van der Waals surface area contributed by atoms with E-state index in [1.165, 1.54) is 28.8 Å². The maximum atomic E-state index is 14.1. The van der Waals surface area contributed by atoms with E-state index in [-0.39, 0.29) is 29.1 Å². The fourth-order valence-corrected chi connectivity index (χ4v) is 6.08. The monoisotopic (exact) mass is 613 g/mol. The van der Waals surface area contributed by atoms with E-state index in [1.54, 1.807) is 81.6 Å². The van der Waals surface area contributed by atoms with Gasteiger partial charge in [0.15, 0.2) is 0 Å². The maximum absolute atomic E-state index is 14.1. The van der Waals surface area contributed by atoms with E-state index in [1.807, 2.05) is 20.1 Å². The standard InChI is InChI=1S/C31H39N3O6S2/c1-7-40-29-11-9-8-10-28(29)34(42(37,38)27-18-16-26(41-6)17-19-27)21-30(35)33(23(4)31(36)32-22(2)3)20-24-12-14-25(39-5)15-13-24/h8-19,22-23H,7,20-21H2,1-6H3,(H,32,36)/t23-/m1/s1. The molecule has 0 spiro atoms. The molecular weight excluding hydrogens is 574 g/mol. The average molecular weight is 614 g/mol. The van der Waals surface area contributed by atoms with Crippen molar-refractivity contribution in [2.24, 2.45) is 0 Å². The summed E-state index contributed by atoms with van der Waals surface area (Å²) in [7, 11) is -2.65. The SMILES string of the molecule is CCOc1ccccc1N(CC(=O)N(Cc1ccc(OC)cc1)[C@H](C)C(=O)NC(C)C)S(=O)(=O)c1ccc(SC)cc1. The van der Waals surface area contributed by atoms with E-state index in [9.17, 15) is 18.0 Å². The maximum Gasteiger partial charge on any atom is 0.264 e. The topological polar surface area (TPSA) is 105 Å². The van der Waals surface area contributed by atoms with Crippen LogP contribution in [0.5, 0.6) is 11.5 Å². The fourth-order valence-electron chi connectivity index (χ4n) is 4.24. The van der Waals surface area contributed by atoms with E-state index < -0.39 is 28.5 Å². The van der Waals surface area contributed by atoms with Crippen molar-refractivity contribution < 1.29 is 27.5 Å². The Bertz CT molecular complexity index is 1440. The summed E-state index contributed by atoms with van der Waals surface area (Å²) in [5.74, 6) is 0.0837. The van der Waals surface area contributed by atoms with Crippen LogP contribution in [-0.2, 0) is 26.2 Å². The Labute approximate surface area is 253 Å². The number of sulfonamides is 1. The van der Waals surface area contributed by atoms with Gasteiger partial charge in [-0.25, -0.2) is 8.42 Å². The molecule has 9 nitrogen and oxygen atoms in total. The second-order valence-corrected chi connectivity index (χ2v) is 12.5. The largest absolute Gasteiger partial charge is 0.497 e.